The number of likely N-dealkylation sites (N-methyl/N-ethyl adjacent to an activating group) is 1. The van der Waals surface area contributed by atoms with Gasteiger partial charge in [0.15, 0.2) is 5.78 Å². The van der Waals surface area contributed by atoms with Gasteiger partial charge in [-0.1, -0.05) is 35.3 Å². The SMILES string of the molecule is CN(C)C1(Cc2cccc(Cl)c2)CCC(NC(=O)CCC(=O)N2CCC(C(=O)c3ccc(Cl)cc3)CC2)CC1. The largest absolute Gasteiger partial charge is 0.353 e. The van der Waals surface area contributed by atoms with Gasteiger partial charge in [-0.25, -0.2) is 0 Å². The third-order valence-corrected chi connectivity index (χ3v) is 9.05. The van der Waals surface area contributed by atoms with Crippen LogP contribution < -0.4 is 5.32 Å². The van der Waals surface area contributed by atoms with Gasteiger partial charge in [-0.15, -0.1) is 0 Å². The Hall–Kier alpha value is -2.41. The van der Waals surface area contributed by atoms with Gasteiger partial charge in [0, 0.05) is 59.0 Å². The molecule has 2 amide bonds. The maximum atomic E-state index is 12.8. The molecule has 0 aromatic heterocycles. The first-order chi connectivity index (χ1) is 18.6. The van der Waals surface area contributed by atoms with Crippen LogP contribution in [0.2, 0.25) is 10.0 Å². The molecule has 0 spiro atoms. The average Bonchev–Trinajstić information content (AvgIpc) is 2.93. The zero-order valence-corrected chi connectivity index (χ0v) is 24.4. The summed E-state index contributed by atoms with van der Waals surface area (Å²) in [5.41, 5.74) is 1.94. The van der Waals surface area contributed by atoms with Crippen molar-refractivity contribution >= 4 is 40.8 Å². The van der Waals surface area contributed by atoms with E-state index in [1.165, 1.54) is 5.56 Å². The summed E-state index contributed by atoms with van der Waals surface area (Å²) in [6.07, 6.45) is 6.40. The van der Waals surface area contributed by atoms with Crippen molar-refractivity contribution in [3.63, 3.8) is 0 Å². The number of nitrogens with one attached hydrogen (secondary N) is 1. The molecule has 1 aliphatic heterocycles. The molecule has 0 radical (unpaired) electrons. The predicted molar refractivity (Wildman–Crippen MR) is 156 cm³/mol. The van der Waals surface area contributed by atoms with Crippen LogP contribution in [0.25, 0.3) is 0 Å². The first-order valence-electron chi connectivity index (χ1n) is 13.9. The quantitative estimate of drug-likeness (QED) is 0.386. The van der Waals surface area contributed by atoms with E-state index in [1.54, 1.807) is 29.2 Å². The minimum absolute atomic E-state index is 0.0145. The summed E-state index contributed by atoms with van der Waals surface area (Å²) < 4.78 is 0. The number of carbonyl (C=O) groups is 3. The van der Waals surface area contributed by atoms with Gasteiger partial charge in [-0.3, -0.25) is 14.4 Å². The molecule has 1 N–H and O–H groups in total. The molecule has 1 heterocycles. The predicted octanol–water partition coefficient (Wildman–Crippen LogP) is 5.80. The lowest BCUT2D eigenvalue weighted by atomic mass is 9.75. The van der Waals surface area contributed by atoms with Crippen LogP contribution in [-0.2, 0) is 16.0 Å². The molecule has 210 valence electrons. The van der Waals surface area contributed by atoms with Crippen LogP contribution >= 0.6 is 23.2 Å². The highest BCUT2D eigenvalue weighted by Crippen LogP contribution is 2.36. The Morgan fingerprint density at radius 3 is 2.21 bits per heavy atom. The molecule has 8 heteroatoms. The van der Waals surface area contributed by atoms with Gasteiger partial charge in [0.1, 0.15) is 0 Å². The van der Waals surface area contributed by atoms with Crippen molar-refractivity contribution in [3.8, 4) is 0 Å². The summed E-state index contributed by atoms with van der Waals surface area (Å²) in [4.78, 5) is 42.3. The molecule has 0 atom stereocenters. The van der Waals surface area contributed by atoms with Crippen molar-refractivity contribution in [2.75, 3.05) is 27.2 Å². The number of hydrogen-bond donors (Lipinski definition) is 1. The van der Waals surface area contributed by atoms with E-state index in [9.17, 15) is 14.4 Å². The number of piperidine rings is 1. The van der Waals surface area contributed by atoms with Crippen LogP contribution in [0.3, 0.4) is 0 Å². The second kappa shape index (κ2) is 13.3. The topological polar surface area (TPSA) is 69.7 Å². The summed E-state index contributed by atoms with van der Waals surface area (Å²) >= 11 is 12.1. The highest BCUT2D eigenvalue weighted by atomic mass is 35.5. The van der Waals surface area contributed by atoms with Crippen LogP contribution in [-0.4, -0.2) is 66.2 Å². The minimum Gasteiger partial charge on any atom is -0.353 e. The number of likely N-dealkylation sites (tertiary alicyclic amines) is 1. The normalized spacial score (nSPS) is 22.1. The number of nitrogens with zero attached hydrogens (tertiary/aromatic N) is 2. The fourth-order valence-corrected chi connectivity index (χ4v) is 6.37. The Balaban J connectivity index is 1.18. The van der Waals surface area contributed by atoms with Crippen molar-refractivity contribution in [1.29, 1.82) is 0 Å². The van der Waals surface area contributed by atoms with Crippen LogP contribution in [0.1, 0.15) is 67.3 Å². The first kappa shape index (κ1) is 29.6. The number of Topliss-reactive ketones (excluding diaryl/α,β-unsaturated/α-hetero) is 1. The second-order valence-corrected chi connectivity index (χ2v) is 12.2. The Morgan fingerprint density at radius 1 is 0.923 bits per heavy atom. The van der Waals surface area contributed by atoms with Crippen molar-refractivity contribution in [2.45, 2.75) is 69.4 Å². The average molecular weight is 573 g/mol. The lowest BCUT2D eigenvalue weighted by Gasteiger charge is -2.45. The number of halogens is 2. The molecule has 6 nitrogen and oxygen atoms in total. The third-order valence-electron chi connectivity index (χ3n) is 8.57. The van der Waals surface area contributed by atoms with Gasteiger partial charge in [0.2, 0.25) is 11.8 Å². The van der Waals surface area contributed by atoms with Gasteiger partial charge in [0.25, 0.3) is 0 Å². The smallest absolute Gasteiger partial charge is 0.223 e. The molecule has 0 bridgehead atoms. The number of rotatable bonds is 9. The van der Waals surface area contributed by atoms with Gasteiger partial charge >= 0.3 is 0 Å². The molecular formula is C31H39Cl2N3O3. The maximum absolute atomic E-state index is 12.8. The second-order valence-electron chi connectivity index (χ2n) is 11.3. The van der Waals surface area contributed by atoms with Crippen LogP contribution in [0, 0.1) is 5.92 Å². The summed E-state index contributed by atoms with van der Waals surface area (Å²) in [5, 5.41) is 4.53. The number of benzene rings is 2. The molecule has 2 aromatic carbocycles. The summed E-state index contributed by atoms with van der Waals surface area (Å²) in [5.74, 6) is -0.0536. The van der Waals surface area contributed by atoms with Crippen molar-refractivity contribution < 1.29 is 14.4 Å². The fourth-order valence-electron chi connectivity index (χ4n) is 6.03. The number of ketones is 1. The Kier molecular flexibility index (Phi) is 10.1. The molecule has 2 aliphatic rings. The van der Waals surface area contributed by atoms with E-state index in [2.05, 4.69) is 30.4 Å². The zero-order chi connectivity index (χ0) is 28.0. The molecule has 0 unspecified atom stereocenters. The monoisotopic (exact) mass is 571 g/mol. The van der Waals surface area contributed by atoms with Crippen LogP contribution in [0.15, 0.2) is 48.5 Å². The Morgan fingerprint density at radius 2 is 1.59 bits per heavy atom. The van der Waals surface area contributed by atoms with Crippen molar-refractivity contribution in [3.05, 3.63) is 69.7 Å². The highest BCUT2D eigenvalue weighted by Gasteiger charge is 2.37. The zero-order valence-electron chi connectivity index (χ0n) is 22.9. The van der Waals surface area contributed by atoms with Crippen molar-refractivity contribution in [1.82, 2.24) is 15.1 Å². The molecule has 4 rings (SSSR count). The van der Waals surface area contributed by atoms with Crippen molar-refractivity contribution in [2.24, 2.45) is 5.92 Å². The summed E-state index contributed by atoms with van der Waals surface area (Å²) in [7, 11) is 4.26. The molecule has 39 heavy (non-hydrogen) atoms. The fraction of sp³-hybridized carbons (Fsp3) is 0.516. The molecule has 2 aromatic rings. The number of amides is 2. The lowest BCUT2D eigenvalue weighted by molar-refractivity contribution is -0.134. The lowest BCUT2D eigenvalue weighted by Crippen LogP contribution is -2.52. The van der Waals surface area contributed by atoms with E-state index in [0.717, 1.165) is 37.1 Å². The highest BCUT2D eigenvalue weighted by molar-refractivity contribution is 6.31. The van der Waals surface area contributed by atoms with E-state index in [0.29, 0.717) is 36.5 Å². The summed E-state index contributed by atoms with van der Waals surface area (Å²) in [6.45, 7) is 1.10. The van der Waals surface area contributed by atoms with E-state index in [-0.39, 0.29) is 47.9 Å². The van der Waals surface area contributed by atoms with Crippen LogP contribution in [0.4, 0.5) is 0 Å². The summed E-state index contributed by atoms with van der Waals surface area (Å²) in [6, 6.07) is 15.2. The van der Waals surface area contributed by atoms with Gasteiger partial charge < -0.3 is 15.1 Å². The van der Waals surface area contributed by atoms with Gasteiger partial charge in [0.05, 0.1) is 0 Å². The Bertz CT molecular complexity index is 1150. The van der Waals surface area contributed by atoms with Gasteiger partial charge in [-0.05, 0) is 101 Å². The third kappa shape index (κ3) is 7.84. The molecule has 1 saturated carbocycles. The van der Waals surface area contributed by atoms with Gasteiger partial charge in [-0.2, -0.15) is 0 Å². The Labute approximate surface area is 242 Å². The molecule has 1 aliphatic carbocycles. The van der Waals surface area contributed by atoms with E-state index in [4.69, 9.17) is 23.2 Å². The number of carbonyl (C=O) groups excluding carboxylic acids is 3. The van der Waals surface area contributed by atoms with E-state index in [1.807, 2.05) is 18.2 Å². The molecular weight excluding hydrogens is 533 g/mol. The number of hydrogen-bond acceptors (Lipinski definition) is 4. The van der Waals surface area contributed by atoms with Crippen LogP contribution in [0.5, 0.6) is 0 Å². The van der Waals surface area contributed by atoms with E-state index >= 15 is 0 Å². The molecule has 2 fully saturated rings. The standard InChI is InChI=1S/C31H39Cl2N3O3/c1-35(2)31(21-22-4-3-5-26(33)20-22)16-12-27(13-17-31)34-28(37)10-11-29(38)36-18-14-24(15-19-36)30(39)23-6-8-25(32)9-7-23/h3-9,20,24,27H,10-19,21H2,1-2H3,(H,34,37). The molecule has 1 saturated heterocycles. The minimum atomic E-state index is -0.0852. The first-order valence-corrected chi connectivity index (χ1v) is 14.7. The van der Waals surface area contributed by atoms with E-state index < -0.39 is 0 Å². The maximum Gasteiger partial charge on any atom is 0.223 e.